The summed E-state index contributed by atoms with van der Waals surface area (Å²) < 4.78 is 0. The number of amides is 1. The lowest BCUT2D eigenvalue weighted by atomic mass is 10.1. The molecule has 1 aromatic carbocycles. The molecule has 1 amide bonds. The highest BCUT2D eigenvalue weighted by Crippen LogP contribution is 2.21. The fraction of sp³-hybridized carbons (Fsp3) is 0.200. The number of nitrogens with zero attached hydrogens (tertiary/aromatic N) is 2. The molecule has 1 heterocycles. The van der Waals surface area contributed by atoms with E-state index in [2.05, 4.69) is 10.4 Å². The number of anilines is 2. The molecule has 0 bridgehead atoms. The number of pyridine rings is 1. The number of rotatable bonds is 4. The lowest BCUT2D eigenvalue weighted by Crippen LogP contribution is -2.30. The van der Waals surface area contributed by atoms with Gasteiger partial charge in [0.2, 0.25) is 0 Å². The third-order valence-corrected chi connectivity index (χ3v) is 3.26. The van der Waals surface area contributed by atoms with Crippen molar-refractivity contribution in [2.45, 2.75) is 13.8 Å². The Labute approximate surface area is 128 Å². The van der Waals surface area contributed by atoms with Crippen molar-refractivity contribution >= 4 is 29.0 Å². The van der Waals surface area contributed by atoms with Gasteiger partial charge in [-0.05, 0) is 43.7 Å². The normalized spacial score (nSPS) is 10.3. The molecular formula is C15H17ClN4O. The molecule has 0 unspecified atom stereocenters. The van der Waals surface area contributed by atoms with E-state index in [9.17, 15) is 4.79 Å². The number of hydrogen-bond acceptors (Lipinski definition) is 4. The second kappa shape index (κ2) is 6.56. The van der Waals surface area contributed by atoms with E-state index in [1.807, 2.05) is 38.1 Å². The van der Waals surface area contributed by atoms with Crippen molar-refractivity contribution in [1.29, 1.82) is 0 Å². The Balaban J connectivity index is 2.39. The van der Waals surface area contributed by atoms with E-state index in [0.29, 0.717) is 17.9 Å². The first kappa shape index (κ1) is 15.3. The summed E-state index contributed by atoms with van der Waals surface area (Å²) in [6, 6.07) is 10.9. The zero-order chi connectivity index (χ0) is 15.4. The predicted molar refractivity (Wildman–Crippen MR) is 85.6 cm³/mol. The molecule has 0 saturated carbocycles. The summed E-state index contributed by atoms with van der Waals surface area (Å²) in [5, 5.41) is 0.217. The van der Waals surface area contributed by atoms with Gasteiger partial charge in [-0.1, -0.05) is 23.7 Å². The summed E-state index contributed by atoms with van der Waals surface area (Å²) in [6.07, 6.45) is 0. The Morgan fingerprint density at radius 2 is 2.14 bits per heavy atom. The third kappa shape index (κ3) is 3.51. The highest BCUT2D eigenvalue weighted by molar-refractivity contribution is 6.30. The topological polar surface area (TPSA) is 71.2 Å². The molecule has 0 spiro atoms. The molecule has 0 saturated heterocycles. The fourth-order valence-electron chi connectivity index (χ4n) is 2.09. The third-order valence-electron chi connectivity index (χ3n) is 3.06. The average Bonchev–Trinajstić information content (AvgIpc) is 2.47. The molecule has 2 rings (SSSR count). The molecule has 0 aliphatic carbocycles. The summed E-state index contributed by atoms with van der Waals surface area (Å²) in [7, 11) is 0. The Kier molecular flexibility index (Phi) is 4.77. The second-order valence-corrected chi connectivity index (χ2v) is 4.98. The molecule has 110 valence electrons. The van der Waals surface area contributed by atoms with Crippen LogP contribution in [-0.2, 0) is 0 Å². The minimum absolute atomic E-state index is 0.149. The van der Waals surface area contributed by atoms with E-state index in [-0.39, 0.29) is 11.1 Å². The quantitative estimate of drug-likeness (QED) is 0.517. The molecule has 2 aromatic rings. The van der Waals surface area contributed by atoms with E-state index >= 15 is 0 Å². The van der Waals surface area contributed by atoms with Crippen molar-refractivity contribution < 1.29 is 4.79 Å². The summed E-state index contributed by atoms with van der Waals surface area (Å²) >= 11 is 5.91. The van der Waals surface area contributed by atoms with Crippen molar-refractivity contribution in [3.05, 3.63) is 52.7 Å². The Morgan fingerprint density at radius 3 is 2.76 bits per heavy atom. The van der Waals surface area contributed by atoms with Crippen LogP contribution in [0.5, 0.6) is 0 Å². The number of carbonyl (C=O) groups is 1. The standard InChI is InChI=1S/C15H17ClN4O/c1-3-20(12-6-4-5-10(2)7-12)15(21)11-8-13(16)18-14(9-11)19-17/h4-9H,3,17H2,1-2H3,(H,18,19). The van der Waals surface area contributed by atoms with Gasteiger partial charge in [0, 0.05) is 17.8 Å². The largest absolute Gasteiger partial charge is 0.309 e. The van der Waals surface area contributed by atoms with Gasteiger partial charge in [0.15, 0.2) is 0 Å². The molecule has 3 N–H and O–H groups in total. The zero-order valence-electron chi connectivity index (χ0n) is 11.9. The first-order valence-electron chi connectivity index (χ1n) is 6.58. The van der Waals surface area contributed by atoms with Crippen LogP contribution in [0.25, 0.3) is 0 Å². The van der Waals surface area contributed by atoms with Crippen LogP contribution in [0.4, 0.5) is 11.5 Å². The number of nitrogens with two attached hydrogens (primary N) is 1. The van der Waals surface area contributed by atoms with Crippen LogP contribution in [0, 0.1) is 6.92 Å². The lowest BCUT2D eigenvalue weighted by molar-refractivity contribution is 0.0988. The van der Waals surface area contributed by atoms with Crippen LogP contribution in [0.2, 0.25) is 5.15 Å². The van der Waals surface area contributed by atoms with Gasteiger partial charge >= 0.3 is 0 Å². The summed E-state index contributed by atoms with van der Waals surface area (Å²) in [5.41, 5.74) is 4.78. The summed E-state index contributed by atoms with van der Waals surface area (Å²) in [6.45, 7) is 4.46. The van der Waals surface area contributed by atoms with Gasteiger partial charge in [-0.2, -0.15) is 0 Å². The van der Waals surface area contributed by atoms with Crippen LogP contribution in [0.15, 0.2) is 36.4 Å². The van der Waals surface area contributed by atoms with Gasteiger partial charge in [0.05, 0.1) is 0 Å². The molecule has 0 atom stereocenters. The van der Waals surface area contributed by atoms with Gasteiger partial charge in [0.25, 0.3) is 5.91 Å². The fourth-order valence-corrected chi connectivity index (χ4v) is 2.30. The van der Waals surface area contributed by atoms with Crippen LogP contribution in [0.1, 0.15) is 22.8 Å². The Morgan fingerprint density at radius 1 is 1.38 bits per heavy atom. The number of benzene rings is 1. The first-order chi connectivity index (χ1) is 10.0. The number of nitrogens with one attached hydrogen (secondary N) is 1. The summed E-state index contributed by atoms with van der Waals surface area (Å²) in [5.74, 6) is 5.54. The van der Waals surface area contributed by atoms with Crippen molar-refractivity contribution in [1.82, 2.24) is 4.98 Å². The molecular weight excluding hydrogens is 288 g/mol. The smallest absolute Gasteiger partial charge is 0.258 e. The maximum absolute atomic E-state index is 12.7. The number of hydrazine groups is 1. The van der Waals surface area contributed by atoms with E-state index in [1.54, 1.807) is 11.0 Å². The van der Waals surface area contributed by atoms with Gasteiger partial charge in [-0.15, -0.1) is 0 Å². The van der Waals surface area contributed by atoms with Crippen LogP contribution in [0.3, 0.4) is 0 Å². The van der Waals surface area contributed by atoms with Gasteiger partial charge in [-0.3, -0.25) is 4.79 Å². The Bertz CT molecular complexity index is 660. The van der Waals surface area contributed by atoms with Crippen LogP contribution < -0.4 is 16.2 Å². The monoisotopic (exact) mass is 304 g/mol. The number of aromatic nitrogens is 1. The van der Waals surface area contributed by atoms with Crippen molar-refractivity contribution in [2.75, 3.05) is 16.9 Å². The number of halogens is 1. The Hall–Kier alpha value is -2.11. The molecule has 0 aliphatic rings. The predicted octanol–water partition coefficient (Wildman–Crippen LogP) is 3.00. The first-order valence-corrected chi connectivity index (χ1v) is 6.95. The number of aryl methyl sites for hydroxylation is 1. The van der Waals surface area contributed by atoms with Crippen molar-refractivity contribution in [3.8, 4) is 0 Å². The number of hydrogen-bond donors (Lipinski definition) is 2. The molecule has 21 heavy (non-hydrogen) atoms. The minimum Gasteiger partial charge on any atom is -0.309 e. The maximum Gasteiger partial charge on any atom is 0.258 e. The summed E-state index contributed by atoms with van der Waals surface area (Å²) in [4.78, 5) is 18.3. The lowest BCUT2D eigenvalue weighted by Gasteiger charge is -2.22. The van der Waals surface area contributed by atoms with Gasteiger partial charge in [0.1, 0.15) is 11.0 Å². The molecule has 6 heteroatoms. The van der Waals surface area contributed by atoms with E-state index in [4.69, 9.17) is 17.4 Å². The maximum atomic E-state index is 12.7. The minimum atomic E-state index is -0.149. The number of nitrogen functional groups attached to an aromatic ring is 1. The average molecular weight is 305 g/mol. The van der Waals surface area contributed by atoms with E-state index in [0.717, 1.165) is 11.3 Å². The number of carbonyl (C=O) groups excluding carboxylic acids is 1. The van der Waals surface area contributed by atoms with Crippen molar-refractivity contribution in [2.24, 2.45) is 5.84 Å². The van der Waals surface area contributed by atoms with E-state index in [1.165, 1.54) is 6.07 Å². The molecule has 5 nitrogen and oxygen atoms in total. The molecule has 1 aromatic heterocycles. The highest BCUT2D eigenvalue weighted by Gasteiger charge is 2.17. The van der Waals surface area contributed by atoms with Gasteiger partial charge in [-0.25, -0.2) is 10.8 Å². The van der Waals surface area contributed by atoms with Crippen LogP contribution >= 0.6 is 11.6 Å². The van der Waals surface area contributed by atoms with Crippen LogP contribution in [-0.4, -0.2) is 17.4 Å². The van der Waals surface area contributed by atoms with Gasteiger partial charge < -0.3 is 10.3 Å². The highest BCUT2D eigenvalue weighted by atomic mass is 35.5. The molecule has 0 aliphatic heterocycles. The molecule has 0 fully saturated rings. The molecule has 0 radical (unpaired) electrons. The van der Waals surface area contributed by atoms with Crippen molar-refractivity contribution in [3.63, 3.8) is 0 Å². The SMILES string of the molecule is CCN(C(=O)c1cc(Cl)nc(NN)c1)c1cccc(C)c1. The van der Waals surface area contributed by atoms with E-state index < -0.39 is 0 Å². The zero-order valence-corrected chi connectivity index (χ0v) is 12.7. The second-order valence-electron chi connectivity index (χ2n) is 4.60.